The number of aromatic nitrogens is 2. The lowest BCUT2D eigenvalue weighted by atomic mass is 10.1. The summed E-state index contributed by atoms with van der Waals surface area (Å²) < 4.78 is 19.3. The molecule has 130 valence electrons. The topological polar surface area (TPSA) is 69.2 Å². The van der Waals surface area contributed by atoms with E-state index in [1.807, 2.05) is 6.07 Å². The highest BCUT2D eigenvalue weighted by Gasteiger charge is 2.31. The minimum atomic E-state index is -0.464. The Balaban J connectivity index is 1.42. The van der Waals surface area contributed by atoms with Crippen LogP contribution in [0.15, 0.2) is 22.7 Å². The van der Waals surface area contributed by atoms with Gasteiger partial charge >= 0.3 is 0 Å². The van der Waals surface area contributed by atoms with Crippen LogP contribution in [0.5, 0.6) is 0 Å². The van der Waals surface area contributed by atoms with Crippen LogP contribution in [-0.2, 0) is 0 Å². The van der Waals surface area contributed by atoms with Gasteiger partial charge in [0.15, 0.2) is 5.82 Å². The van der Waals surface area contributed by atoms with Gasteiger partial charge in [0, 0.05) is 32.1 Å². The molecule has 4 rings (SSSR count). The Labute approximate surface area is 145 Å². The van der Waals surface area contributed by atoms with Crippen molar-refractivity contribution in [2.75, 3.05) is 31.1 Å². The average molecular weight is 341 g/mol. The summed E-state index contributed by atoms with van der Waals surface area (Å²) in [6.07, 6.45) is 2.31. The van der Waals surface area contributed by atoms with Gasteiger partial charge in [-0.2, -0.15) is 10.2 Å². The molecule has 0 amide bonds. The molecule has 1 saturated carbocycles. The molecule has 0 unspecified atom stereocenters. The summed E-state index contributed by atoms with van der Waals surface area (Å²) >= 11 is 0. The van der Waals surface area contributed by atoms with Gasteiger partial charge in [-0.25, -0.2) is 4.39 Å². The minimum Gasteiger partial charge on any atom is -0.368 e. The molecule has 2 aromatic rings. The molecule has 2 aliphatic rings. The SMILES string of the molecule is C[C@H](c1nc(C2CC2)no1)N1CCN(c2cccc(F)c2C#N)CC1. The van der Waals surface area contributed by atoms with Gasteiger partial charge in [-0.1, -0.05) is 11.2 Å². The predicted molar refractivity (Wildman–Crippen MR) is 89.6 cm³/mol. The number of nitriles is 1. The monoisotopic (exact) mass is 341 g/mol. The van der Waals surface area contributed by atoms with E-state index in [9.17, 15) is 9.65 Å². The van der Waals surface area contributed by atoms with Crippen LogP contribution in [-0.4, -0.2) is 41.2 Å². The first-order chi connectivity index (χ1) is 12.2. The van der Waals surface area contributed by atoms with Crippen molar-refractivity contribution in [2.24, 2.45) is 0 Å². The van der Waals surface area contributed by atoms with Gasteiger partial charge in [0.1, 0.15) is 17.4 Å². The quantitative estimate of drug-likeness (QED) is 0.852. The summed E-state index contributed by atoms with van der Waals surface area (Å²) in [7, 11) is 0. The first-order valence-electron chi connectivity index (χ1n) is 8.68. The summed E-state index contributed by atoms with van der Waals surface area (Å²) in [6, 6.07) is 6.82. The molecule has 2 fully saturated rings. The van der Waals surface area contributed by atoms with Crippen LogP contribution < -0.4 is 4.90 Å². The molecule has 7 heteroatoms. The average Bonchev–Trinajstić information content (AvgIpc) is 3.38. The van der Waals surface area contributed by atoms with Crippen molar-refractivity contribution >= 4 is 5.69 Å². The van der Waals surface area contributed by atoms with Crippen LogP contribution >= 0.6 is 0 Å². The Kier molecular flexibility index (Phi) is 4.14. The van der Waals surface area contributed by atoms with E-state index in [1.54, 1.807) is 12.1 Å². The second-order valence-corrected chi connectivity index (χ2v) is 6.71. The highest BCUT2D eigenvalue weighted by molar-refractivity contribution is 5.60. The summed E-state index contributed by atoms with van der Waals surface area (Å²) in [5.41, 5.74) is 0.790. The van der Waals surface area contributed by atoms with E-state index in [0.29, 0.717) is 17.5 Å². The third-order valence-corrected chi connectivity index (χ3v) is 5.06. The maximum absolute atomic E-state index is 13.8. The van der Waals surface area contributed by atoms with E-state index in [4.69, 9.17) is 4.52 Å². The van der Waals surface area contributed by atoms with Crippen LogP contribution in [0, 0.1) is 17.1 Å². The zero-order valence-electron chi connectivity index (χ0n) is 14.2. The van der Waals surface area contributed by atoms with Crippen molar-refractivity contribution in [1.29, 1.82) is 5.26 Å². The summed E-state index contributed by atoms with van der Waals surface area (Å²) in [5, 5.41) is 13.3. The van der Waals surface area contributed by atoms with Gasteiger partial charge in [-0.05, 0) is 31.9 Å². The maximum atomic E-state index is 13.8. The molecule has 6 nitrogen and oxygen atoms in total. The Morgan fingerprint density at radius 3 is 2.72 bits per heavy atom. The fourth-order valence-electron chi connectivity index (χ4n) is 3.32. The first kappa shape index (κ1) is 16.0. The number of hydrogen-bond acceptors (Lipinski definition) is 6. The normalized spacial score (nSPS) is 19.6. The molecule has 1 aromatic heterocycles. The molecular weight excluding hydrogens is 321 g/mol. The smallest absolute Gasteiger partial charge is 0.243 e. The molecule has 0 N–H and O–H groups in total. The van der Waals surface area contributed by atoms with Gasteiger partial charge < -0.3 is 9.42 Å². The molecule has 1 aliphatic carbocycles. The standard InChI is InChI=1S/C18H20FN5O/c1-12(18-21-17(22-25-18)13-5-6-13)23-7-9-24(10-8-23)16-4-2-3-15(19)14(16)11-20/h2-4,12-13H,5-10H2,1H3/t12-/m1/s1. The Morgan fingerprint density at radius 1 is 1.28 bits per heavy atom. The van der Waals surface area contributed by atoms with E-state index in [1.165, 1.54) is 6.07 Å². The molecule has 1 aliphatic heterocycles. The van der Waals surface area contributed by atoms with Crippen molar-refractivity contribution in [3.63, 3.8) is 0 Å². The van der Waals surface area contributed by atoms with Crippen LogP contribution in [0.3, 0.4) is 0 Å². The minimum absolute atomic E-state index is 0.0603. The second kappa shape index (κ2) is 6.45. The Bertz CT molecular complexity index is 802. The van der Waals surface area contributed by atoms with Crippen LogP contribution in [0.4, 0.5) is 10.1 Å². The highest BCUT2D eigenvalue weighted by atomic mass is 19.1. The van der Waals surface area contributed by atoms with Gasteiger partial charge in [0.05, 0.1) is 11.7 Å². The van der Waals surface area contributed by atoms with Crippen LogP contribution in [0.25, 0.3) is 0 Å². The first-order valence-corrected chi connectivity index (χ1v) is 8.68. The number of nitrogens with zero attached hydrogens (tertiary/aromatic N) is 5. The maximum Gasteiger partial charge on any atom is 0.243 e. The molecule has 1 atom stereocenters. The zero-order valence-corrected chi connectivity index (χ0v) is 14.2. The zero-order chi connectivity index (χ0) is 17.4. The second-order valence-electron chi connectivity index (χ2n) is 6.71. The van der Waals surface area contributed by atoms with E-state index in [0.717, 1.165) is 44.8 Å². The fraction of sp³-hybridized carbons (Fsp3) is 0.500. The van der Waals surface area contributed by atoms with E-state index < -0.39 is 5.82 Å². The van der Waals surface area contributed by atoms with Crippen molar-refractivity contribution < 1.29 is 8.91 Å². The van der Waals surface area contributed by atoms with Gasteiger partial charge in [-0.3, -0.25) is 4.90 Å². The Hall–Kier alpha value is -2.46. The van der Waals surface area contributed by atoms with E-state index in [-0.39, 0.29) is 11.6 Å². The third-order valence-electron chi connectivity index (χ3n) is 5.06. The number of halogens is 1. The predicted octanol–water partition coefficient (Wildman–Crippen LogP) is 2.84. The number of anilines is 1. The molecule has 2 heterocycles. The van der Waals surface area contributed by atoms with Crippen LogP contribution in [0.1, 0.15) is 49.0 Å². The highest BCUT2D eigenvalue weighted by Crippen LogP contribution is 2.38. The number of hydrogen-bond donors (Lipinski definition) is 0. The van der Waals surface area contributed by atoms with Crippen molar-refractivity contribution in [1.82, 2.24) is 15.0 Å². The lowest BCUT2D eigenvalue weighted by Gasteiger charge is -2.38. The largest absolute Gasteiger partial charge is 0.368 e. The molecule has 1 saturated heterocycles. The molecule has 25 heavy (non-hydrogen) atoms. The third kappa shape index (κ3) is 3.10. The number of rotatable bonds is 4. The number of piperazine rings is 1. The fourth-order valence-corrected chi connectivity index (χ4v) is 3.32. The van der Waals surface area contributed by atoms with Gasteiger partial charge in [-0.15, -0.1) is 0 Å². The molecule has 0 spiro atoms. The Morgan fingerprint density at radius 2 is 2.04 bits per heavy atom. The van der Waals surface area contributed by atoms with Crippen molar-refractivity contribution in [3.05, 3.63) is 41.3 Å². The summed E-state index contributed by atoms with van der Waals surface area (Å²) in [6.45, 7) is 5.12. The van der Waals surface area contributed by atoms with Crippen molar-refractivity contribution in [2.45, 2.75) is 31.7 Å². The molecule has 1 aromatic carbocycles. The lowest BCUT2D eigenvalue weighted by molar-refractivity contribution is 0.164. The van der Waals surface area contributed by atoms with E-state index in [2.05, 4.69) is 26.9 Å². The van der Waals surface area contributed by atoms with E-state index >= 15 is 0 Å². The lowest BCUT2D eigenvalue weighted by Crippen LogP contribution is -2.47. The molecular formula is C18H20FN5O. The molecule has 0 bridgehead atoms. The van der Waals surface area contributed by atoms with Crippen molar-refractivity contribution in [3.8, 4) is 6.07 Å². The summed E-state index contributed by atoms with van der Waals surface area (Å²) in [5.74, 6) is 1.52. The van der Waals surface area contributed by atoms with Crippen LogP contribution in [0.2, 0.25) is 0 Å². The number of benzene rings is 1. The van der Waals surface area contributed by atoms with Gasteiger partial charge in [0.2, 0.25) is 5.89 Å². The molecule has 0 radical (unpaired) electrons. The van der Waals surface area contributed by atoms with Gasteiger partial charge in [0.25, 0.3) is 0 Å². The summed E-state index contributed by atoms with van der Waals surface area (Å²) in [4.78, 5) is 8.89.